The van der Waals surface area contributed by atoms with Crippen molar-refractivity contribution in [1.82, 2.24) is 4.72 Å². The van der Waals surface area contributed by atoms with Crippen LogP contribution in [0.15, 0.2) is 23.1 Å². The fourth-order valence-corrected chi connectivity index (χ4v) is 2.42. The van der Waals surface area contributed by atoms with Crippen molar-refractivity contribution in [3.05, 3.63) is 29.6 Å². The van der Waals surface area contributed by atoms with Crippen molar-refractivity contribution in [2.24, 2.45) is 5.73 Å². The molecule has 1 rings (SSSR count). The van der Waals surface area contributed by atoms with Gasteiger partial charge in [0, 0.05) is 12.6 Å². The van der Waals surface area contributed by atoms with Crippen molar-refractivity contribution in [1.29, 1.82) is 5.26 Å². The number of nitrogens with zero attached hydrogens (tertiary/aromatic N) is 1. The first-order valence-electron chi connectivity index (χ1n) is 4.82. The van der Waals surface area contributed by atoms with Crippen LogP contribution in [0.5, 0.6) is 0 Å². The van der Waals surface area contributed by atoms with Crippen LogP contribution in [-0.4, -0.2) is 21.0 Å². The van der Waals surface area contributed by atoms with Gasteiger partial charge in [0.15, 0.2) is 0 Å². The van der Waals surface area contributed by atoms with Crippen LogP contribution in [0, 0.1) is 17.1 Å². The van der Waals surface area contributed by atoms with Crippen LogP contribution in [0.3, 0.4) is 0 Å². The Morgan fingerprint density at radius 3 is 2.76 bits per heavy atom. The monoisotopic (exact) mass is 257 g/mol. The SMILES string of the molecule is C[C@H](CN)NS(=O)(=O)c1ccc(F)c(C#N)c1. The molecule has 0 bridgehead atoms. The molecule has 1 atom stereocenters. The minimum Gasteiger partial charge on any atom is -0.329 e. The van der Waals surface area contributed by atoms with Gasteiger partial charge in [0.1, 0.15) is 11.9 Å². The Labute approximate surface area is 99.1 Å². The summed E-state index contributed by atoms with van der Waals surface area (Å²) in [5.74, 6) is -0.752. The number of halogens is 1. The van der Waals surface area contributed by atoms with E-state index < -0.39 is 21.9 Å². The number of sulfonamides is 1. The Morgan fingerprint density at radius 1 is 1.59 bits per heavy atom. The zero-order valence-corrected chi connectivity index (χ0v) is 9.96. The normalized spacial score (nSPS) is 13.1. The molecule has 0 amide bonds. The van der Waals surface area contributed by atoms with Gasteiger partial charge in [-0.05, 0) is 25.1 Å². The van der Waals surface area contributed by atoms with E-state index in [9.17, 15) is 12.8 Å². The highest BCUT2D eigenvalue weighted by Gasteiger charge is 2.18. The van der Waals surface area contributed by atoms with Gasteiger partial charge in [-0.3, -0.25) is 0 Å². The van der Waals surface area contributed by atoms with E-state index in [2.05, 4.69) is 4.72 Å². The summed E-state index contributed by atoms with van der Waals surface area (Å²) < 4.78 is 38.9. The minimum absolute atomic E-state index is 0.144. The lowest BCUT2D eigenvalue weighted by Gasteiger charge is -2.12. The van der Waals surface area contributed by atoms with E-state index >= 15 is 0 Å². The van der Waals surface area contributed by atoms with Crippen molar-refractivity contribution >= 4 is 10.0 Å². The van der Waals surface area contributed by atoms with Crippen molar-refractivity contribution in [3.63, 3.8) is 0 Å². The second kappa shape index (κ2) is 5.23. The third kappa shape index (κ3) is 3.23. The van der Waals surface area contributed by atoms with Gasteiger partial charge in [0.25, 0.3) is 0 Å². The third-order valence-corrected chi connectivity index (χ3v) is 3.67. The highest BCUT2D eigenvalue weighted by molar-refractivity contribution is 7.89. The van der Waals surface area contributed by atoms with Crippen LogP contribution in [0.2, 0.25) is 0 Å². The Kier molecular flexibility index (Phi) is 4.17. The first kappa shape index (κ1) is 13.6. The van der Waals surface area contributed by atoms with Crippen LogP contribution in [0.1, 0.15) is 12.5 Å². The van der Waals surface area contributed by atoms with Crippen molar-refractivity contribution in [2.45, 2.75) is 17.9 Å². The molecule has 0 unspecified atom stereocenters. The number of rotatable bonds is 4. The van der Waals surface area contributed by atoms with Crippen LogP contribution < -0.4 is 10.5 Å². The first-order valence-corrected chi connectivity index (χ1v) is 6.31. The molecular formula is C10H12FN3O2S. The summed E-state index contributed by atoms with van der Waals surface area (Å²) in [6, 6.07) is 4.18. The van der Waals surface area contributed by atoms with Gasteiger partial charge in [0.05, 0.1) is 10.5 Å². The Morgan fingerprint density at radius 2 is 2.24 bits per heavy atom. The quantitative estimate of drug-likeness (QED) is 0.812. The van der Waals surface area contributed by atoms with Gasteiger partial charge in [-0.25, -0.2) is 17.5 Å². The molecule has 3 N–H and O–H groups in total. The molecule has 0 heterocycles. The zero-order chi connectivity index (χ0) is 13.1. The average molecular weight is 257 g/mol. The van der Waals surface area contributed by atoms with Gasteiger partial charge in [-0.15, -0.1) is 0 Å². The van der Waals surface area contributed by atoms with E-state index in [1.54, 1.807) is 13.0 Å². The summed E-state index contributed by atoms with van der Waals surface area (Å²) in [5, 5.41) is 8.61. The largest absolute Gasteiger partial charge is 0.329 e. The molecule has 0 fully saturated rings. The van der Waals surface area contributed by atoms with Crippen LogP contribution >= 0.6 is 0 Å². The highest BCUT2D eigenvalue weighted by Crippen LogP contribution is 2.14. The van der Waals surface area contributed by atoms with Crippen molar-refractivity contribution in [2.75, 3.05) is 6.54 Å². The van der Waals surface area contributed by atoms with E-state index in [4.69, 9.17) is 11.0 Å². The molecule has 1 aromatic rings. The van der Waals surface area contributed by atoms with E-state index in [0.717, 1.165) is 18.2 Å². The maximum atomic E-state index is 13.0. The number of hydrogen-bond acceptors (Lipinski definition) is 4. The van der Waals surface area contributed by atoms with Crippen molar-refractivity contribution < 1.29 is 12.8 Å². The summed E-state index contributed by atoms with van der Waals surface area (Å²) in [6.45, 7) is 1.75. The Hall–Kier alpha value is -1.49. The number of nitriles is 1. The standard InChI is InChI=1S/C10H12FN3O2S/c1-7(5-12)14-17(15,16)9-2-3-10(11)8(4-9)6-13/h2-4,7,14H,5,12H2,1H3/t7-/m1/s1. The van der Waals surface area contributed by atoms with Crippen LogP contribution in [0.4, 0.5) is 4.39 Å². The number of hydrogen-bond donors (Lipinski definition) is 2. The van der Waals surface area contributed by atoms with E-state index in [-0.39, 0.29) is 17.0 Å². The molecule has 0 aromatic heterocycles. The molecule has 0 spiro atoms. The van der Waals surface area contributed by atoms with E-state index in [1.165, 1.54) is 0 Å². The van der Waals surface area contributed by atoms with Crippen LogP contribution in [0.25, 0.3) is 0 Å². The first-order chi connectivity index (χ1) is 7.90. The molecule has 0 radical (unpaired) electrons. The maximum absolute atomic E-state index is 13.0. The predicted octanol–water partition coefficient (Wildman–Crippen LogP) is 0.323. The summed E-state index contributed by atoms with van der Waals surface area (Å²) in [6.07, 6.45) is 0. The molecule has 0 aliphatic rings. The summed E-state index contributed by atoms with van der Waals surface area (Å²) >= 11 is 0. The number of benzene rings is 1. The van der Waals surface area contributed by atoms with Crippen LogP contribution in [-0.2, 0) is 10.0 Å². The lowest BCUT2D eigenvalue weighted by molar-refractivity contribution is 0.562. The Bertz CT molecular complexity index is 551. The van der Waals surface area contributed by atoms with Gasteiger partial charge in [-0.2, -0.15) is 5.26 Å². The number of nitrogens with two attached hydrogens (primary N) is 1. The maximum Gasteiger partial charge on any atom is 0.240 e. The molecule has 0 aliphatic carbocycles. The number of nitrogens with one attached hydrogen (secondary N) is 1. The van der Waals surface area contributed by atoms with Gasteiger partial charge < -0.3 is 5.73 Å². The fraction of sp³-hybridized carbons (Fsp3) is 0.300. The summed E-state index contributed by atoms with van der Waals surface area (Å²) in [7, 11) is -3.77. The predicted molar refractivity (Wildman–Crippen MR) is 60.0 cm³/mol. The molecule has 0 saturated heterocycles. The second-order valence-electron chi connectivity index (χ2n) is 3.51. The smallest absolute Gasteiger partial charge is 0.240 e. The third-order valence-electron chi connectivity index (χ3n) is 2.08. The molecule has 0 saturated carbocycles. The summed E-state index contributed by atoms with van der Waals surface area (Å²) in [5.41, 5.74) is 4.99. The Balaban J connectivity index is 3.13. The van der Waals surface area contributed by atoms with E-state index in [1.807, 2.05) is 0 Å². The summed E-state index contributed by atoms with van der Waals surface area (Å²) in [4.78, 5) is -0.157. The lowest BCUT2D eigenvalue weighted by atomic mass is 10.2. The molecule has 1 aromatic carbocycles. The highest BCUT2D eigenvalue weighted by atomic mass is 32.2. The zero-order valence-electron chi connectivity index (χ0n) is 9.14. The van der Waals surface area contributed by atoms with E-state index in [0.29, 0.717) is 0 Å². The molecule has 7 heteroatoms. The molecule has 17 heavy (non-hydrogen) atoms. The minimum atomic E-state index is -3.77. The fourth-order valence-electron chi connectivity index (χ4n) is 1.14. The second-order valence-corrected chi connectivity index (χ2v) is 5.23. The molecular weight excluding hydrogens is 245 g/mol. The topological polar surface area (TPSA) is 96.0 Å². The molecule has 92 valence electrons. The molecule has 5 nitrogen and oxygen atoms in total. The van der Waals surface area contributed by atoms with Crippen molar-refractivity contribution in [3.8, 4) is 6.07 Å². The average Bonchev–Trinajstić information content (AvgIpc) is 2.28. The lowest BCUT2D eigenvalue weighted by Crippen LogP contribution is -2.37. The van der Waals surface area contributed by atoms with Gasteiger partial charge in [0.2, 0.25) is 10.0 Å². The molecule has 0 aliphatic heterocycles. The van der Waals surface area contributed by atoms with Gasteiger partial charge in [-0.1, -0.05) is 0 Å². The van der Waals surface area contributed by atoms with Gasteiger partial charge >= 0.3 is 0 Å².